The fourth-order valence-corrected chi connectivity index (χ4v) is 2.17. The molecule has 1 amide bonds. The van der Waals surface area contributed by atoms with Crippen LogP contribution in [0.5, 0.6) is 0 Å². The van der Waals surface area contributed by atoms with Gasteiger partial charge in [0.05, 0.1) is 17.5 Å². The molecule has 0 saturated carbocycles. The first-order valence-electron chi connectivity index (χ1n) is 5.38. The van der Waals surface area contributed by atoms with Crippen LogP contribution in [-0.2, 0) is 0 Å². The molecule has 0 aliphatic heterocycles. The van der Waals surface area contributed by atoms with E-state index >= 15 is 0 Å². The van der Waals surface area contributed by atoms with Crippen LogP contribution < -0.4 is 11.1 Å². The van der Waals surface area contributed by atoms with Gasteiger partial charge in [0, 0.05) is 6.54 Å². The van der Waals surface area contributed by atoms with E-state index in [1.54, 1.807) is 6.92 Å². The van der Waals surface area contributed by atoms with E-state index in [4.69, 9.17) is 5.73 Å². The average molecular weight is 266 g/mol. The van der Waals surface area contributed by atoms with Crippen molar-refractivity contribution in [1.82, 2.24) is 15.5 Å². The van der Waals surface area contributed by atoms with Gasteiger partial charge in [0.15, 0.2) is 5.69 Å². The van der Waals surface area contributed by atoms with E-state index in [0.717, 1.165) is 5.56 Å². The maximum atomic E-state index is 11.8. The number of hydrogen-bond donors (Lipinski definition) is 4. The fourth-order valence-electron chi connectivity index (χ4n) is 1.47. The van der Waals surface area contributed by atoms with Crippen molar-refractivity contribution < 1.29 is 9.90 Å². The van der Waals surface area contributed by atoms with Crippen molar-refractivity contribution in [3.8, 4) is 0 Å². The highest BCUT2D eigenvalue weighted by Gasteiger charge is 2.16. The first-order valence-corrected chi connectivity index (χ1v) is 6.32. The zero-order valence-electron chi connectivity index (χ0n) is 9.80. The van der Waals surface area contributed by atoms with Crippen LogP contribution in [0.3, 0.4) is 0 Å². The minimum Gasteiger partial charge on any atom is -0.395 e. The number of aliphatic hydroxyl groups excluding tert-OH is 1. The molecule has 5 N–H and O–H groups in total. The summed E-state index contributed by atoms with van der Waals surface area (Å²) in [5.41, 5.74) is 7.61. The summed E-state index contributed by atoms with van der Waals surface area (Å²) in [4.78, 5) is 11.8. The van der Waals surface area contributed by atoms with Gasteiger partial charge in [0.2, 0.25) is 0 Å². The largest absolute Gasteiger partial charge is 0.395 e. The molecule has 0 radical (unpaired) electrons. The van der Waals surface area contributed by atoms with Gasteiger partial charge in [-0.15, -0.1) is 0 Å². The Hall–Kier alpha value is -1.86. The molecule has 18 heavy (non-hydrogen) atoms. The number of nitrogens with two attached hydrogens (primary N) is 1. The SMILES string of the molecule is Cc1[nH]nc(C(=O)NCC(O)c2ccsc2)c1N. The lowest BCUT2D eigenvalue weighted by molar-refractivity contribution is 0.0912. The normalized spacial score (nSPS) is 12.3. The predicted molar refractivity (Wildman–Crippen MR) is 69.3 cm³/mol. The summed E-state index contributed by atoms with van der Waals surface area (Å²) in [5.74, 6) is -0.397. The Bertz CT molecular complexity index is 535. The van der Waals surface area contributed by atoms with Gasteiger partial charge < -0.3 is 16.2 Å². The third kappa shape index (κ3) is 2.52. The predicted octanol–water partition coefficient (Wildman–Crippen LogP) is 0.825. The Kier molecular flexibility index (Phi) is 3.63. The van der Waals surface area contributed by atoms with Gasteiger partial charge in [0.1, 0.15) is 0 Å². The summed E-state index contributed by atoms with van der Waals surface area (Å²) in [6, 6.07) is 1.81. The molecule has 0 saturated heterocycles. The molecule has 0 fully saturated rings. The maximum absolute atomic E-state index is 11.8. The molecule has 7 heteroatoms. The molecular weight excluding hydrogens is 252 g/mol. The van der Waals surface area contributed by atoms with Crippen LogP contribution in [0, 0.1) is 6.92 Å². The molecule has 2 heterocycles. The van der Waals surface area contributed by atoms with Crippen LogP contribution in [0.4, 0.5) is 5.69 Å². The molecule has 6 nitrogen and oxygen atoms in total. The maximum Gasteiger partial charge on any atom is 0.274 e. The summed E-state index contributed by atoms with van der Waals surface area (Å²) >= 11 is 1.49. The quantitative estimate of drug-likeness (QED) is 0.657. The third-order valence-corrected chi connectivity index (χ3v) is 3.30. The summed E-state index contributed by atoms with van der Waals surface area (Å²) in [6.45, 7) is 1.86. The van der Waals surface area contributed by atoms with E-state index in [1.807, 2.05) is 16.8 Å². The van der Waals surface area contributed by atoms with Gasteiger partial charge in [-0.2, -0.15) is 16.4 Å². The zero-order chi connectivity index (χ0) is 13.1. The molecule has 96 valence electrons. The van der Waals surface area contributed by atoms with Crippen molar-refractivity contribution in [3.63, 3.8) is 0 Å². The molecule has 2 rings (SSSR count). The van der Waals surface area contributed by atoms with Crippen molar-refractivity contribution in [2.75, 3.05) is 12.3 Å². The first-order chi connectivity index (χ1) is 8.59. The number of nitrogens with one attached hydrogen (secondary N) is 2. The molecule has 1 atom stereocenters. The number of aromatic amines is 1. The highest BCUT2D eigenvalue weighted by molar-refractivity contribution is 7.07. The van der Waals surface area contributed by atoms with E-state index < -0.39 is 12.0 Å². The van der Waals surface area contributed by atoms with Gasteiger partial charge in [0.25, 0.3) is 5.91 Å². The van der Waals surface area contributed by atoms with Crippen LogP contribution in [0.1, 0.15) is 27.8 Å². The Morgan fingerprint density at radius 3 is 3.06 bits per heavy atom. The van der Waals surface area contributed by atoms with Gasteiger partial charge in [-0.3, -0.25) is 9.89 Å². The second-order valence-corrected chi connectivity index (χ2v) is 4.67. The van der Waals surface area contributed by atoms with E-state index in [-0.39, 0.29) is 12.2 Å². The lowest BCUT2D eigenvalue weighted by Crippen LogP contribution is -2.29. The molecule has 0 aliphatic carbocycles. The highest BCUT2D eigenvalue weighted by Crippen LogP contribution is 2.16. The number of aryl methyl sites for hydroxylation is 1. The van der Waals surface area contributed by atoms with E-state index in [9.17, 15) is 9.90 Å². The van der Waals surface area contributed by atoms with E-state index in [1.165, 1.54) is 11.3 Å². The molecule has 0 aromatic carbocycles. The summed E-state index contributed by atoms with van der Waals surface area (Å²) < 4.78 is 0. The molecule has 2 aromatic rings. The van der Waals surface area contributed by atoms with Crippen LogP contribution in [0.15, 0.2) is 16.8 Å². The van der Waals surface area contributed by atoms with Crippen molar-refractivity contribution in [2.24, 2.45) is 0 Å². The van der Waals surface area contributed by atoms with E-state index in [0.29, 0.717) is 11.4 Å². The number of aromatic nitrogens is 2. The smallest absolute Gasteiger partial charge is 0.274 e. The van der Waals surface area contributed by atoms with E-state index in [2.05, 4.69) is 15.5 Å². The molecule has 0 aliphatic rings. The number of anilines is 1. The summed E-state index contributed by atoms with van der Waals surface area (Å²) in [6.07, 6.45) is -0.721. The number of aliphatic hydroxyl groups is 1. The van der Waals surface area contributed by atoms with Crippen LogP contribution in [-0.4, -0.2) is 27.8 Å². The topological polar surface area (TPSA) is 104 Å². The monoisotopic (exact) mass is 266 g/mol. The van der Waals surface area contributed by atoms with Gasteiger partial charge in [-0.25, -0.2) is 0 Å². The number of carbonyl (C=O) groups is 1. The zero-order valence-corrected chi connectivity index (χ0v) is 10.6. The molecule has 0 bridgehead atoms. The minimum atomic E-state index is -0.721. The standard InChI is InChI=1S/C11H14N4O2S/c1-6-9(12)10(15-14-6)11(17)13-4-8(16)7-2-3-18-5-7/h2-3,5,8,16H,4,12H2,1H3,(H,13,17)(H,14,15). The average Bonchev–Trinajstić information content (AvgIpc) is 2.98. The number of thiophene rings is 1. The van der Waals surface area contributed by atoms with Gasteiger partial charge in [-0.05, 0) is 29.3 Å². The van der Waals surface area contributed by atoms with Crippen LogP contribution in [0.25, 0.3) is 0 Å². The minimum absolute atomic E-state index is 0.126. The van der Waals surface area contributed by atoms with Crippen molar-refractivity contribution in [1.29, 1.82) is 0 Å². The van der Waals surface area contributed by atoms with Crippen LogP contribution >= 0.6 is 11.3 Å². The Morgan fingerprint density at radius 1 is 1.72 bits per heavy atom. The number of hydrogen-bond acceptors (Lipinski definition) is 5. The van der Waals surface area contributed by atoms with Crippen molar-refractivity contribution in [2.45, 2.75) is 13.0 Å². The Morgan fingerprint density at radius 2 is 2.50 bits per heavy atom. The fraction of sp³-hybridized carbons (Fsp3) is 0.273. The van der Waals surface area contributed by atoms with Gasteiger partial charge in [-0.1, -0.05) is 0 Å². The lowest BCUT2D eigenvalue weighted by atomic mass is 10.2. The molecule has 0 spiro atoms. The number of nitrogen functional groups attached to an aromatic ring is 1. The number of nitrogens with zero attached hydrogens (tertiary/aromatic N) is 1. The molecule has 2 aromatic heterocycles. The highest BCUT2D eigenvalue weighted by atomic mass is 32.1. The number of amides is 1. The van der Waals surface area contributed by atoms with Crippen LogP contribution in [0.2, 0.25) is 0 Å². The van der Waals surface area contributed by atoms with Gasteiger partial charge >= 0.3 is 0 Å². The number of H-pyrrole nitrogens is 1. The summed E-state index contributed by atoms with van der Waals surface area (Å²) in [7, 11) is 0. The second-order valence-electron chi connectivity index (χ2n) is 3.89. The number of rotatable bonds is 4. The lowest BCUT2D eigenvalue weighted by Gasteiger charge is -2.09. The first kappa shape index (κ1) is 12.6. The van der Waals surface area contributed by atoms with Crippen molar-refractivity contribution >= 4 is 22.9 Å². The summed E-state index contributed by atoms with van der Waals surface area (Å²) in [5, 5.41) is 22.6. The molecule has 1 unspecified atom stereocenters. The molecular formula is C11H14N4O2S. The number of carbonyl (C=O) groups excluding carboxylic acids is 1. The van der Waals surface area contributed by atoms with Crippen molar-refractivity contribution in [3.05, 3.63) is 33.8 Å². The third-order valence-electron chi connectivity index (χ3n) is 2.59. The Labute approximate surface area is 108 Å². The Balaban J connectivity index is 1.95. The second kappa shape index (κ2) is 5.19.